The van der Waals surface area contributed by atoms with Crippen molar-refractivity contribution in [1.29, 1.82) is 0 Å². The van der Waals surface area contributed by atoms with E-state index in [2.05, 4.69) is 5.32 Å². The highest BCUT2D eigenvalue weighted by molar-refractivity contribution is 7.12. The lowest BCUT2D eigenvalue weighted by Crippen LogP contribution is -2.03. The van der Waals surface area contributed by atoms with Crippen molar-refractivity contribution < 1.29 is 9.90 Å². The third-order valence-corrected chi connectivity index (χ3v) is 4.15. The van der Waals surface area contributed by atoms with Crippen LogP contribution in [-0.4, -0.2) is 11.0 Å². The number of aliphatic hydroxyl groups excluding tert-OH is 1. The Bertz CT molecular complexity index is 618. The molecule has 0 saturated heterocycles. The Morgan fingerprint density at radius 2 is 2.17 bits per heavy atom. The minimum Gasteiger partial charge on any atom is -0.383 e. The molecule has 0 aliphatic carbocycles. The van der Waals surface area contributed by atoms with E-state index in [9.17, 15) is 9.90 Å². The first-order valence-electron chi connectivity index (χ1n) is 5.80. The molecule has 1 aliphatic heterocycles. The topological polar surface area (TPSA) is 49.3 Å². The molecule has 4 heteroatoms. The molecule has 1 aliphatic rings. The number of carbonyl (C=O) groups excluding carboxylic acids is 1. The van der Waals surface area contributed by atoms with E-state index in [4.69, 9.17) is 0 Å². The molecular formula is C14H13NO2S. The van der Waals surface area contributed by atoms with Gasteiger partial charge in [0.1, 0.15) is 6.10 Å². The molecule has 2 heterocycles. The zero-order valence-electron chi connectivity index (χ0n) is 9.93. The maximum atomic E-state index is 11.3. The van der Waals surface area contributed by atoms with E-state index in [1.807, 2.05) is 37.3 Å². The molecule has 1 unspecified atom stereocenters. The second kappa shape index (κ2) is 4.23. The predicted molar refractivity (Wildman–Crippen MR) is 71.9 cm³/mol. The lowest BCUT2D eigenvalue weighted by atomic mass is 10.0. The number of aryl methyl sites for hydroxylation is 1. The summed E-state index contributed by atoms with van der Waals surface area (Å²) >= 11 is 1.59. The number of thiophene rings is 1. The monoisotopic (exact) mass is 259 g/mol. The van der Waals surface area contributed by atoms with Crippen LogP contribution in [0.4, 0.5) is 5.69 Å². The van der Waals surface area contributed by atoms with Crippen molar-refractivity contribution in [3.63, 3.8) is 0 Å². The summed E-state index contributed by atoms with van der Waals surface area (Å²) in [5, 5.41) is 13.1. The van der Waals surface area contributed by atoms with Crippen molar-refractivity contribution in [1.82, 2.24) is 0 Å². The first kappa shape index (κ1) is 11.4. The van der Waals surface area contributed by atoms with Crippen molar-refractivity contribution in [2.24, 2.45) is 0 Å². The maximum absolute atomic E-state index is 11.3. The van der Waals surface area contributed by atoms with Crippen molar-refractivity contribution in [2.75, 3.05) is 5.32 Å². The predicted octanol–water partition coefficient (Wildman–Crippen LogP) is 2.63. The summed E-state index contributed by atoms with van der Waals surface area (Å²) in [6.07, 6.45) is -0.205. The normalized spacial score (nSPS) is 15.3. The van der Waals surface area contributed by atoms with Gasteiger partial charge in [-0.05, 0) is 36.2 Å². The smallest absolute Gasteiger partial charge is 0.228 e. The van der Waals surface area contributed by atoms with Crippen molar-refractivity contribution in [2.45, 2.75) is 19.4 Å². The molecule has 2 N–H and O–H groups in total. The molecule has 1 aromatic carbocycles. The third-order valence-electron chi connectivity index (χ3n) is 3.10. The molecule has 0 bridgehead atoms. The Labute approximate surface area is 109 Å². The second-order valence-electron chi connectivity index (χ2n) is 4.49. The lowest BCUT2D eigenvalue weighted by molar-refractivity contribution is -0.115. The molecule has 2 aromatic rings. The van der Waals surface area contributed by atoms with E-state index in [0.717, 1.165) is 21.7 Å². The number of hydrogen-bond donors (Lipinski definition) is 2. The van der Waals surface area contributed by atoms with Gasteiger partial charge in [-0.1, -0.05) is 12.1 Å². The van der Waals surface area contributed by atoms with E-state index >= 15 is 0 Å². The van der Waals surface area contributed by atoms with Crippen LogP contribution in [0.5, 0.6) is 0 Å². The summed E-state index contributed by atoms with van der Waals surface area (Å²) in [7, 11) is 0. The average molecular weight is 259 g/mol. The summed E-state index contributed by atoms with van der Waals surface area (Å²) < 4.78 is 0. The molecule has 0 radical (unpaired) electrons. The highest BCUT2D eigenvalue weighted by Crippen LogP contribution is 2.31. The largest absolute Gasteiger partial charge is 0.383 e. The van der Waals surface area contributed by atoms with Crippen LogP contribution in [0, 0.1) is 6.92 Å². The van der Waals surface area contributed by atoms with E-state index in [1.54, 1.807) is 11.3 Å². The lowest BCUT2D eigenvalue weighted by Gasteiger charge is -2.10. The Kier molecular flexibility index (Phi) is 2.69. The van der Waals surface area contributed by atoms with Crippen molar-refractivity contribution >= 4 is 22.9 Å². The summed E-state index contributed by atoms with van der Waals surface area (Å²) in [6, 6.07) is 9.58. The molecule has 3 nitrogen and oxygen atoms in total. The van der Waals surface area contributed by atoms with Crippen LogP contribution in [0.15, 0.2) is 30.3 Å². The molecule has 0 spiro atoms. The van der Waals surface area contributed by atoms with Gasteiger partial charge < -0.3 is 10.4 Å². The second-order valence-corrected chi connectivity index (χ2v) is 5.81. The number of hydrogen-bond acceptors (Lipinski definition) is 3. The molecule has 0 saturated carbocycles. The number of aliphatic hydroxyl groups is 1. The van der Waals surface area contributed by atoms with E-state index in [1.165, 1.54) is 4.88 Å². The van der Waals surface area contributed by atoms with Crippen molar-refractivity contribution in [3.8, 4) is 0 Å². The minimum atomic E-state index is -0.607. The molecule has 92 valence electrons. The van der Waals surface area contributed by atoms with Crippen LogP contribution >= 0.6 is 11.3 Å². The zero-order chi connectivity index (χ0) is 12.7. The number of amides is 1. The minimum absolute atomic E-state index is 0.0172. The van der Waals surface area contributed by atoms with Gasteiger partial charge in [0.15, 0.2) is 0 Å². The SMILES string of the molecule is Cc1ccc(C(O)c2ccc3c(c2)CC(=O)N3)s1. The highest BCUT2D eigenvalue weighted by Gasteiger charge is 2.20. The molecule has 18 heavy (non-hydrogen) atoms. The fourth-order valence-electron chi connectivity index (χ4n) is 2.18. The number of fused-ring (bicyclic) bond motifs is 1. The first-order valence-corrected chi connectivity index (χ1v) is 6.62. The van der Waals surface area contributed by atoms with Crippen molar-refractivity contribution in [3.05, 3.63) is 51.2 Å². The Hall–Kier alpha value is -1.65. The van der Waals surface area contributed by atoms with Gasteiger partial charge in [0.2, 0.25) is 5.91 Å². The maximum Gasteiger partial charge on any atom is 0.228 e. The van der Waals surface area contributed by atoms with E-state index in [-0.39, 0.29) is 5.91 Å². The fourth-order valence-corrected chi connectivity index (χ4v) is 3.08. The first-order chi connectivity index (χ1) is 8.63. The third kappa shape index (κ3) is 1.94. The molecule has 1 atom stereocenters. The van der Waals surface area contributed by atoms with Gasteiger partial charge in [0.25, 0.3) is 0 Å². The molecule has 1 amide bonds. The van der Waals surface area contributed by atoms with Gasteiger partial charge in [0.05, 0.1) is 6.42 Å². The molecule has 1 aromatic heterocycles. The van der Waals surface area contributed by atoms with Gasteiger partial charge >= 0.3 is 0 Å². The Morgan fingerprint density at radius 1 is 1.33 bits per heavy atom. The molecule has 0 fully saturated rings. The number of carbonyl (C=O) groups is 1. The van der Waals surface area contributed by atoms with Gasteiger partial charge in [-0.2, -0.15) is 0 Å². The van der Waals surface area contributed by atoms with Gasteiger partial charge in [-0.15, -0.1) is 11.3 Å². The molecular weight excluding hydrogens is 246 g/mol. The number of nitrogens with one attached hydrogen (secondary N) is 1. The van der Waals surface area contributed by atoms with Crippen LogP contribution in [-0.2, 0) is 11.2 Å². The average Bonchev–Trinajstić information content (AvgIpc) is 2.92. The summed E-state index contributed by atoms with van der Waals surface area (Å²) in [6.45, 7) is 2.02. The summed E-state index contributed by atoms with van der Waals surface area (Å²) in [5.41, 5.74) is 2.66. The summed E-state index contributed by atoms with van der Waals surface area (Å²) in [4.78, 5) is 13.4. The fraction of sp³-hybridized carbons (Fsp3) is 0.214. The van der Waals surface area contributed by atoms with Crippen LogP contribution in [0.3, 0.4) is 0 Å². The highest BCUT2D eigenvalue weighted by atomic mass is 32.1. The number of anilines is 1. The number of benzene rings is 1. The summed E-state index contributed by atoms with van der Waals surface area (Å²) in [5.74, 6) is 0.0172. The van der Waals surface area contributed by atoms with Crippen LogP contribution in [0.25, 0.3) is 0 Å². The van der Waals surface area contributed by atoms with Crippen LogP contribution in [0.2, 0.25) is 0 Å². The van der Waals surface area contributed by atoms with Gasteiger partial charge in [0, 0.05) is 15.4 Å². The van der Waals surface area contributed by atoms with Gasteiger partial charge in [-0.3, -0.25) is 4.79 Å². The van der Waals surface area contributed by atoms with E-state index < -0.39 is 6.10 Å². The zero-order valence-corrected chi connectivity index (χ0v) is 10.8. The Balaban J connectivity index is 1.94. The van der Waals surface area contributed by atoms with Crippen LogP contribution < -0.4 is 5.32 Å². The molecule has 3 rings (SSSR count). The Morgan fingerprint density at radius 3 is 2.89 bits per heavy atom. The quantitative estimate of drug-likeness (QED) is 0.871. The number of rotatable bonds is 2. The standard InChI is InChI=1S/C14H13NO2S/c1-8-2-5-12(18-8)14(17)9-3-4-11-10(6-9)7-13(16)15-11/h2-6,14,17H,7H2,1H3,(H,15,16). The van der Waals surface area contributed by atoms with Gasteiger partial charge in [-0.25, -0.2) is 0 Å². The van der Waals surface area contributed by atoms with E-state index in [0.29, 0.717) is 6.42 Å². The van der Waals surface area contributed by atoms with Crippen LogP contribution in [0.1, 0.15) is 27.0 Å².